The summed E-state index contributed by atoms with van der Waals surface area (Å²) in [5.74, 6) is -1.00. The molecule has 8 heteroatoms. The Morgan fingerprint density at radius 1 is 1.15 bits per heavy atom. The summed E-state index contributed by atoms with van der Waals surface area (Å²) in [5, 5.41) is 17.1. The van der Waals surface area contributed by atoms with Crippen molar-refractivity contribution in [1.82, 2.24) is 20.9 Å². The Hall–Kier alpha value is -1.83. The minimum absolute atomic E-state index is 0.0636. The van der Waals surface area contributed by atoms with Crippen molar-refractivity contribution < 1.29 is 19.5 Å². The number of carboxylic acids is 1. The summed E-state index contributed by atoms with van der Waals surface area (Å²) in [4.78, 5) is 35.9. The van der Waals surface area contributed by atoms with Gasteiger partial charge in [0.15, 0.2) is 0 Å². The van der Waals surface area contributed by atoms with Gasteiger partial charge < -0.3 is 26.0 Å². The third-order valence-electron chi connectivity index (χ3n) is 3.76. The van der Waals surface area contributed by atoms with E-state index in [1.165, 1.54) is 0 Å². The van der Waals surface area contributed by atoms with Crippen LogP contribution in [0.5, 0.6) is 0 Å². The maximum Gasteiger partial charge on any atom is 0.315 e. The predicted molar refractivity (Wildman–Crippen MR) is 70.2 cm³/mol. The summed E-state index contributed by atoms with van der Waals surface area (Å²) in [7, 11) is 0. The molecule has 1 heterocycles. The molecule has 4 N–H and O–H groups in total. The molecule has 0 radical (unpaired) electrons. The summed E-state index contributed by atoms with van der Waals surface area (Å²) < 4.78 is 0. The molecule has 0 aromatic carbocycles. The van der Waals surface area contributed by atoms with Gasteiger partial charge >= 0.3 is 12.0 Å². The van der Waals surface area contributed by atoms with E-state index >= 15 is 0 Å². The fourth-order valence-electron chi connectivity index (χ4n) is 2.11. The average molecular weight is 284 g/mol. The van der Waals surface area contributed by atoms with Crippen LogP contribution < -0.4 is 16.0 Å². The standard InChI is InChI=1S/C12H20N4O4/c17-9(16-5-3-13-4-6-16)7-14-11(20)15-8-12(1-2-12)10(18)19/h13H,1-8H2,(H,18,19)(H2,14,15,20). The number of hydrogen-bond donors (Lipinski definition) is 4. The van der Waals surface area contributed by atoms with Crippen molar-refractivity contribution in [2.75, 3.05) is 39.3 Å². The number of aliphatic carboxylic acids is 1. The van der Waals surface area contributed by atoms with Crippen LogP contribution in [-0.2, 0) is 9.59 Å². The molecule has 0 unspecified atom stereocenters. The van der Waals surface area contributed by atoms with Crippen molar-refractivity contribution in [1.29, 1.82) is 0 Å². The normalized spacial score (nSPS) is 20.1. The quantitative estimate of drug-likeness (QED) is 0.495. The molecule has 1 saturated carbocycles. The highest BCUT2D eigenvalue weighted by Gasteiger charge is 2.50. The van der Waals surface area contributed by atoms with Crippen molar-refractivity contribution in [2.24, 2.45) is 5.41 Å². The van der Waals surface area contributed by atoms with Crippen LogP contribution in [0.15, 0.2) is 0 Å². The van der Waals surface area contributed by atoms with Crippen LogP contribution in [0.2, 0.25) is 0 Å². The fourth-order valence-corrected chi connectivity index (χ4v) is 2.11. The number of urea groups is 1. The minimum atomic E-state index is -0.880. The molecular weight excluding hydrogens is 264 g/mol. The van der Waals surface area contributed by atoms with Crippen LogP contribution in [0.1, 0.15) is 12.8 Å². The highest BCUT2D eigenvalue weighted by molar-refractivity contribution is 5.85. The Labute approximate surface area is 116 Å². The van der Waals surface area contributed by atoms with E-state index in [4.69, 9.17) is 5.11 Å². The van der Waals surface area contributed by atoms with Crippen molar-refractivity contribution >= 4 is 17.9 Å². The van der Waals surface area contributed by atoms with E-state index in [2.05, 4.69) is 16.0 Å². The molecule has 0 bridgehead atoms. The van der Waals surface area contributed by atoms with Crippen LogP contribution in [0.3, 0.4) is 0 Å². The van der Waals surface area contributed by atoms with Crippen LogP contribution in [0.25, 0.3) is 0 Å². The van der Waals surface area contributed by atoms with Gasteiger partial charge in [0.2, 0.25) is 5.91 Å². The molecule has 1 aliphatic heterocycles. The van der Waals surface area contributed by atoms with Crippen molar-refractivity contribution in [3.8, 4) is 0 Å². The topological polar surface area (TPSA) is 111 Å². The molecule has 3 amide bonds. The van der Waals surface area contributed by atoms with Gasteiger partial charge in [-0.25, -0.2) is 4.79 Å². The first-order valence-electron chi connectivity index (χ1n) is 6.77. The molecule has 2 aliphatic rings. The first kappa shape index (κ1) is 14.6. The third-order valence-corrected chi connectivity index (χ3v) is 3.76. The van der Waals surface area contributed by atoms with Crippen molar-refractivity contribution in [3.05, 3.63) is 0 Å². The lowest BCUT2D eigenvalue weighted by Gasteiger charge is -2.27. The summed E-state index contributed by atoms with van der Waals surface area (Å²) >= 11 is 0. The summed E-state index contributed by atoms with van der Waals surface area (Å²) in [5.41, 5.74) is -0.792. The number of carbonyl (C=O) groups is 3. The van der Waals surface area contributed by atoms with E-state index in [0.29, 0.717) is 25.9 Å². The molecule has 0 atom stereocenters. The van der Waals surface area contributed by atoms with E-state index in [-0.39, 0.29) is 19.0 Å². The molecule has 1 aliphatic carbocycles. The second-order valence-electron chi connectivity index (χ2n) is 5.25. The number of carboxylic acid groups (broad SMARTS) is 1. The fraction of sp³-hybridized carbons (Fsp3) is 0.750. The van der Waals surface area contributed by atoms with E-state index < -0.39 is 17.4 Å². The highest BCUT2D eigenvalue weighted by atomic mass is 16.4. The Bertz CT molecular complexity index is 402. The Balaban J connectivity index is 1.65. The van der Waals surface area contributed by atoms with Gasteiger partial charge in [-0.05, 0) is 12.8 Å². The molecule has 8 nitrogen and oxygen atoms in total. The molecule has 0 spiro atoms. The van der Waals surface area contributed by atoms with Gasteiger partial charge in [-0.3, -0.25) is 9.59 Å². The predicted octanol–water partition coefficient (Wildman–Crippen LogP) is -1.42. The van der Waals surface area contributed by atoms with Crippen molar-refractivity contribution in [3.63, 3.8) is 0 Å². The Kier molecular flexibility index (Phi) is 4.43. The zero-order valence-corrected chi connectivity index (χ0v) is 11.3. The molecule has 20 heavy (non-hydrogen) atoms. The van der Waals surface area contributed by atoms with E-state index in [1.54, 1.807) is 4.90 Å². The van der Waals surface area contributed by atoms with Gasteiger partial charge in [-0.15, -0.1) is 0 Å². The van der Waals surface area contributed by atoms with Gasteiger partial charge in [-0.2, -0.15) is 0 Å². The van der Waals surface area contributed by atoms with Crippen LogP contribution in [0, 0.1) is 5.41 Å². The number of rotatable bonds is 5. The smallest absolute Gasteiger partial charge is 0.315 e. The summed E-state index contributed by atoms with van der Waals surface area (Å²) in [6.45, 7) is 2.86. The van der Waals surface area contributed by atoms with Gasteiger partial charge in [-0.1, -0.05) is 0 Å². The van der Waals surface area contributed by atoms with Crippen LogP contribution in [0.4, 0.5) is 4.79 Å². The molecule has 2 fully saturated rings. The lowest BCUT2D eigenvalue weighted by Crippen LogP contribution is -2.51. The first-order chi connectivity index (χ1) is 9.53. The SMILES string of the molecule is O=C(NCC(=O)N1CCNCC1)NCC1(C(=O)O)CC1. The second-order valence-corrected chi connectivity index (χ2v) is 5.25. The average Bonchev–Trinajstić information content (AvgIpc) is 3.25. The summed E-state index contributed by atoms with van der Waals surface area (Å²) in [6, 6.07) is -0.499. The lowest BCUT2D eigenvalue weighted by atomic mass is 10.1. The number of nitrogens with zero attached hydrogens (tertiary/aromatic N) is 1. The maximum atomic E-state index is 11.8. The number of carbonyl (C=O) groups excluding carboxylic acids is 2. The zero-order valence-electron chi connectivity index (χ0n) is 11.3. The van der Waals surface area contributed by atoms with Gasteiger partial charge in [0.05, 0.1) is 12.0 Å². The van der Waals surface area contributed by atoms with Crippen LogP contribution in [-0.4, -0.2) is 67.2 Å². The molecule has 2 rings (SSSR count). The first-order valence-corrected chi connectivity index (χ1v) is 6.77. The molecule has 112 valence electrons. The molecule has 0 aromatic heterocycles. The maximum absolute atomic E-state index is 11.8. The zero-order chi connectivity index (χ0) is 14.6. The Morgan fingerprint density at radius 2 is 1.80 bits per heavy atom. The monoisotopic (exact) mass is 284 g/mol. The van der Waals surface area contributed by atoms with Gasteiger partial charge in [0.25, 0.3) is 0 Å². The summed E-state index contributed by atoms with van der Waals surface area (Å²) in [6.07, 6.45) is 1.17. The highest BCUT2D eigenvalue weighted by Crippen LogP contribution is 2.45. The van der Waals surface area contributed by atoms with E-state index in [9.17, 15) is 14.4 Å². The Morgan fingerprint density at radius 3 is 2.35 bits per heavy atom. The number of amides is 3. The third kappa shape index (κ3) is 3.60. The van der Waals surface area contributed by atoms with Crippen molar-refractivity contribution in [2.45, 2.75) is 12.8 Å². The number of piperazine rings is 1. The number of nitrogens with one attached hydrogen (secondary N) is 3. The van der Waals surface area contributed by atoms with Gasteiger partial charge in [0.1, 0.15) is 0 Å². The largest absolute Gasteiger partial charge is 0.481 e. The molecular formula is C12H20N4O4. The number of hydrogen-bond acceptors (Lipinski definition) is 4. The van der Waals surface area contributed by atoms with E-state index in [0.717, 1.165) is 13.1 Å². The minimum Gasteiger partial charge on any atom is -0.481 e. The second kappa shape index (κ2) is 6.08. The lowest BCUT2D eigenvalue weighted by molar-refractivity contribution is -0.143. The molecule has 1 saturated heterocycles. The van der Waals surface area contributed by atoms with Gasteiger partial charge in [0, 0.05) is 32.7 Å². The molecule has 0 aromatic rings. The van der Waals surface area contributed by atoms with Crippen LogP contribution >= 0.6 is 0 Å². The van der Waals surface area contributed by atoms with E-state index in [1.807, 2.05) is 0 Å².